The molecule has 0 spiro atoms. The van der Waals surface area contributed by atoms with Gasteiger partial charge < -0.3 is 10.0 Å². The van der Waals surface area contributed by atoms with Crippen molar-refractivity contribution in [2.75, 3.05) is 19.7 Å². The zero-order chi connectivity index (χ0) is 14.1. The van der Waals surface area contributed by atoms with E-state index in [-0.39, 0.29) is 12.5 Å². The molecule has 0 aliphatic carbocycles. The molecule has 1 N–H and O–H groups in total. The number of hydrogen-bond acceptors (Lipinski definition) is 4. The van der Waals surface area contributed by atoms with Gasteiger partial charge in [0.15, 0.2) is 0 Å². The van der Waals surface area contributed by atoms with E-state index in [0.717, 1.165) is 0 Å². The van der Waals surface area contributed by atoms with E-state index in [1.807, 2.05) is 13.0 Å². The average molecular weight is 257 g/mol. The quantitative estimate of drug-likeness (QED) is 0.809. The highest BCUT2D eigenvalue weighted by molar-refractivity contribution is 5.96. The molecule has 1 amide bonds. The average Bonchev–Trinajstić information content (AvgIpc) is 2.46. The molecule has 0 unspecified atom stereocenters. The first kappa shape index (κ1) is 14.7. The van der Waals surface area contributed by atoms with Crippen molar-refractivity contribution >= 4 is 5.91 Å². The van der Waals surface area contributed by atoms with Gasteiger partial charge in [-0.05, 0) is 13.0 Å². The summed E-state index contributed by atoms with van der Waals surface area (Å²) in [6, 6.07) is 3.62. The fourth-order valence-corrected chi connectivity index (χ4v) is 1.57. The number of aliphatic hydroxyl groups excluding tert-OH is 1. The first-order chi connectivity index (χ1) is 9.24. The van der Waals surface area contributed by atoms with Crippen LogP contribution in [0.25, 0.3) is 0 Å². The van der Waals surface area contributed by atoms with E-state index < -0.39 is 0 Å². The molecule has 19 heavy (non-hydrogen) atoms. The Labute approximate surface area is 112 Å². The molecule has 5 heteroatoms. The van der Waals surface area contributed by atoms with E-state index in [4.69, 9.17) is 10.4 Å². The predicted octanol–water partition coefficient (Wildman–Crippen LogP) is 0.801. The zero-order valence-corrected chi connectivity index (χ0v) is 10.8. The van der Waals surface area contributed by atoms with Gasteiger partial charge in [-0.1, -0.05) is 11.8 Å². The van der Waals surface area contributed by atoms with E-state index >= 15 is 0 Å². The molecule has 0 saturated carbocycles. The molecule has 0 aromatic carbocycles. The number of nitrogens with zero attached hydrogens (tertiary/aromatic N) is 3. The van der Waals surface area contributed by atoms with Gasteiger partial charge in [-0.3, -0.25) is 9.78 Å². The summed E-state index contributed by atoms with van der Waals surface area (Å²) >= 11 is 0. The molecule has 0 bridgehead atoms. The monoisotopic (exact) mass is 257 g/mol. The van der Waals surface area contributed by atoms with Crippen molar-refractivity contribution in [3.63, 3.8) is 0 Å². The minimum absolute atomic E-state index is 0.178. The standard InChI is InChI=1S/C14H15N3O2/c1-2-17(9-4-7-15)14(19)13-6-8-16-11-12(13)5-3-10-18/h6,8,11,18H,2,4,9-10H2,1H3. The lowest BCUT2D eigenvalue weighted by molar-refractivity contribution is 0.0767. The zero-order valence-electron chi connectivity index (χ0n) is 10.8. The van der Waals surface area contributed by atoms with E-state index in [9.17, 15) is 4.79 Å². The molecule has 0 fully saturated rings. The Kier molecular flexibility index (Phi) is 6.08. The van der Waals surface area contributed by atoms with Crippen LogP contribution in [0.4, 0.5) is 0 Å². The third-order valence-electron chi connectivity index (χ3n) is 2.52. The number of carbonyl (C=O) groups excluding carboxylic acids is 1. The van der Waals surface area contributed by atoms with E-state index in [1.165, 1.54) is 12.4 Å². The van der Waals surface area contributed by atoms with Crippen LogP contribution in [-0.4, -0.2) is 40.6 Å². The molecule has 0 radical (unpaired) electrons. The number of amides is 1. The van der Waals surface area contributed by atoms with Crippen molar-refractivity contribution in [2.45, 2.75) is 13.3 Å². The van der Waals surface area contributed by atoms with Gasteiger partial charge in [0.05, 0.1) is 23.6 Å². The molecule has 0 atom stereocenters. The maximum absolute atomic E-state index is 12.3. The van der Waals surface area contributed by atoms with Gasteiger partial charge in [-0.25, -0.2) is 0 Å². The maximum atomic E-state index is 12.3. The van der Waals surface area contributed by atoms with Gasteiger partial charge in [-0.15, -0.1) is 0 Å². The second kappa shape index (κ2) is 7.86. The largest absolute Gasteiger partial charge is 0.384 e. The molecule has 1 rings (SSSR count). The van der Waals surface area contributed by atoms with Crippen LogP contribution in [0.15, 0.2) is 18.5 Å². The molecule has 0 aliphatic rings. The lowest BCUT2D eigenvalue weighted by Gasteiger charge is -2.20. The molecule has 1 aromatic rings. The van der Waals surface area contributed by atoms with Crippen molar-refractivity contribution in [2.24, 2.45) is 0 Å². The van der Waals surface area contributed by atoms with Gasteiger partial charge in [0.25, 0.3) is 5.91 Å². The number of aromatic nitrogens is 1. The summed E-state index contributed by atoms with van der Waals surface area (Å²) < 4.78 is 0. The highest BCUT2D eigenvalue weighted by atomic mass is 16.2. The topological polar surface area (TPSA) is 77.2 Å². The van der Waals surface area contributed by atoms with Crippen LogP contribution < -0.4 is 0 Å². The van der Waals surface area contributed by atoms with Crippen LogP contribution >= 0.6 is 0 Å². The van der Waals surface area contributed by atoms with Crippen LogP contribution in [0.1, 0.15) is 29.3 Å². The Morgan fingerprint density at radius 1 is 1.58 bits per heavy atom. The molecule has 1 heterocycles. The van der Waals surface area contributed by atoms with Crippen LogP contribution in [-0.2, 0) is 0 Å². The SMILES string of the molecule is CCN(CCC#N)C(=O)c1ccncc1C#CCO. The Bertz CT molecular complexity index is 538. The number of nitriles is 1. The van der Waals surface area contributed by atoms with Crippen LogP contribution in [0.5, 0.6) is 0 Å². The Balaban J connectivity index is 3.01. The summed E-state index contributed by atoms with van der Waals surface area (Å²) in [5.41, 5.74) is 0.924. The lowest BCUT2D eigenvalue weighted by atomic mass is 10.1. The number of aliphatic hydroxyl groups is 1. The summed E-state index contributed by atoms with van der Waals surface area (Å²) in [5, 5.41) is 17.3. The van der Waals surface area contributed by atoms with Gasteiger partial charge in [0.2, 0.25) is 0 Å². The number of hydrogen-bond donors (Lipinski definition) is 1. The minimum Gasteiger partial charge on any atom is -0.384 e. The fourth-order valence-electron chi connectivity index (χ4n) is 1.57. The number of carbonyl (C=O) groups is 1. The predicted molar refractivity (Wildman–Crippen MR) is 70.0 cm³/mol. The normalized spacial score (nSPS) is 9.11. The Morgan fingerprint density at radius 3 is 3.00 bits per heavy atom. The van der Waals surface area contributed by atoms with Crippen LogP contribution in [0.3, 0.4) is 0 Å². The van der Waals surface area contributed by atoms with Crippen molar-refractivity contribution in [1.29, 1.82) is 5.26 Å². The fraction of sp³-hybridized carbons (Fsp3) is 0.357. The summed E-state index contributed by atoms with van der Waals surface area (Å²) in [7, 11) is 0. The third kappa shape index (κ3) is 4.09. The van der Waals surface area contributed by atoms with Gasteiger partial charge in [0, 0.05) is 25.5 Å². The van der Waals surface area contributed by atoms with Crippen LogP contribution in [0, 0.1) is 23.2 Å². The summed E-state index contributed by atoms with van der Waals surface area (Å²) in [4.78, 5) is 17.8. The van der Waals surface area contributed by atoms with Gasteiger partial charge in [0.1, 0.15) is 6.61 Å². The smallest absolute Gasteiger partial charge is 0.255 e. The molecule has 0 saturated heterocycles. The lowest BCUT2D eigenvalue weighted by Crippen LogP contribution is -2.32. The second-order valence-electron chi connectivity index (χ2n) is 3.67. The molecule has 5 nitrogen and oxygen atoms in total. The maximum Gasteiger partial charge on any atom is 0.255 e. The molecular weight excluding hydrogens is 242 g/mol. The van der Waals surface area contributed by atoms with E-state index in [2.05, 4.69) is 16.8 Å². The van der Waals surface area contributed by atoms with Gasteiger partial charge >= 0.3 is 0 Å². The summed E-state index contributed by atoms with van der Waals surface area (Å²) in [5.74, 6) is 5.03. The number of pyridine rings is 1. The van der Waals surface area contributed by atoms with Crippen molar-refractivity contribution < 1.29 is 9.90 Å². The summed E-state index contributed by atoms with van der Waals surface area (Å²) in [6.45, 7) is 2.50. The summed E-state index contributed by atoms with van der Waals surface area (Å²) in [6.07, 6.45) is 3.31. The van der Waals surface area contributed by atoms with Crippen LogP contribution in [0.2, 0.25) is 0 Å². The highest BCUT2D eigenvalue weighted by Crippen LogP contribution is 2.10. The Morgan fingerprint density at radius 2 is 2.37 bits per heavy atom. The molecule has 98 valence electrons. The van der Waals surface area contributed by atoms with Gasteiger partial charge in [-0.2, -0.15) is 5.26 Å². The second-order valence-corrected chi connectivity index (χ2v) is 3.67. The van der Waals surface area contributed by atoms with Crippen molar-refractivity contribution in [1.82, 2.24) is 9.88 Å². The van der Waals surface area contributed by atoms with E-state index in [0.29, 0.717) is 30.6 Å². The first-order valence-electron chi connectivity index (χ1n) is 5.94. The minimum atomic E-state index is -0.269. The number of rotatable bonds is 4. The highest BCUT2D eigenvalue weighted by Gasteiger charge is 2.16. The molecule has 1 aromatic heterocycles. The molecule has 0 aliphatic heterocycles. The Hall–Kier alpha value is -2.37. The van der Waals surface area contributed by atoms with Crippen molar-refractivity contribution in [3.05, 3.63) is 29.6 Å². The molecular formula is C14H15N3O2. The third-order valence-corrected chi connectivity index (χ3v) is 2.52. The van der Waals surface area contributed by atoms with E-state index in [1.54, 1.807) is 11.0 Å². The van der Waals surface area contributed by atoms with Crippen molar-refractivity contribution in [3.8, 4) is 17.9 Å². The first-order valence-corrected chi connectivity index (χ1v) is 5.94.